The number of carbonyl (C=O) groups excluding carboxylic acids is 1. The second-order valence-electron chi connectivity index (χ2n) is 4.72. The lowest BCUT2D eigenvalue weighted by atomic mass is 10.2. The average molecular weight is 282 g/mol. The summed E-state index contributed by atoms with van der Waals surface area (Å²) in [6.45, 7) is 4.14. The number of nitrogens with one attached hydrogen (secondary N) is 1. The predicted octanol–water partition coefficient (Wildman–Crippen LogP) is 1.71. The minimum absolute atomic E-state index is 0.276. The predicted molar refractivity (Wildman–Crippen MR) is 82.0 cm³/mol. The molecule has 0 fully saturated rings. The standard InChI is InChI=1S/C16H18N4O/c1-11-8-12(2)20-15(19-11)14(9-17)16(21)18-10-13-6-4-3-5-7-13/h3-9H,10,17H2,1-2H3,(H,18,21). The Hall–Kier alpha value is -2.69. The molecule has 0 spiro atoms. The van der Waals surface area contributed by atoms with Crippen LogP contribution >= 0.6 is 0 Å². The summed E-state index contributed by atoms with van der Waals surface area (Å²) in [6, 6.07) is 11.5. The van der Waals surface area contributed by atoms with E-state index in [9.17, 15) is 4.79 Å². The number of benzene rings is 1. The van der Waals surface area contributed by atoms with E-state index in [0.717, 1.165) is 17.0 Å². The van der Waals surface area contributed by atoms with Gasteiger partial charge in [0, 0.05) is 24.1 Å². The van der Waals surface area contributed by atoms with Crippen LogP contribution in [-0.4, -0.2) is 15.9 Å². The highest BCUT2D eigenvalue weighted by Gasteiger charge is 2.15. The molecule has 0 aliphatic rings. The second-order valence-corrected chi connectivity index (χ2v) is 4.72. The van der Waals surface area contributed by atoms with E-state index in [1.54, 1.807) is 0 Å². The number of amides is 1. The van der Waals surface area contributed by atoms with Gasteiger partial charge in [0.15, 0.2) is 5.82 Å². The average Bonchev–Trinajstić information content (AvgIpc) is 2.46. The van der Waals surface area contributed by atoms with E-state index in [1.807, 2.05) is 50.2 Å². The van der Waals surface area contributed by atoms with E-state index in [-0.39, 0.29) is 11.5 Å². The molecule has 2 aromatic rings. The number of aromatic nitrogens is 2. The molecule has 0 atom stereocenters. The van der Waals surface area contributed by atoms with Crippen LogP contribution in [0.5, 0.6) is 0 Å². The number of hydrogen-bond donors (Lipinski definition) is 2. The third-order valence-corrected chi connectivity index (χ3v) is 2.93. The second kappa shape index (κ2) is 6.65. The molecule has 21 heavy (non-hydrogen) atoms. The van der Waals surface area contributed by atoms with Crippen molar-refractivity contribution in [2.75, 3.05) is 0 Å². The normalized spacial score (nSPS) is 11.2. The molecule has 0 unspecified atom stereocenters. The molecule has 5 nitrogen and oxygen atoms in total. The first-order valence-electron chi connectivity index (χ1n) is 6.67. The van der Waals surface area contributed by atoms with Gasteiger partial charge in [0.2, 0.25) is 0 Å². The summed E-state index contributed by atoms with van der Waals surface area (Å²) >= 11 is 0. The first-order valence-corrected chi connectivity index (χ1v) is 6.67. The van der Waals surface area contributed by atoms with Crippen LogP contribution < -0.4 is 11.1 Å². The lowest BCUT2D eigenvalue weighted by molar-refractivity contribution is -0.115. The van der Waals surface area contributed by atoms with Crippen LogP contribution in [0.25, 0.3) is 5.57 Å². The lowest BCUT2D eigenvalue weighted by Crippen LogP contribution is -2.25. The van der Waals surface area contributed by atoms with E-state index < -0.39 is 0 Å². The third-order valence-electron chi connectivity index (χ3n) is 2.93. The molecule has 0 aliphatic carbocycles. The van der Waals surface area contributed by atoms with Gasteiger partial charge >= 0.3 is 0 Å². The van der Waals surface area contributed by atoms with E-state index in [0.29, 0.717) is 12.4 Å². The minimum atomic E-state index is -0.286. The molecule has 0 saturated heterocycles. The largest absolute Gasteiger partial charge is 0.404 e. The van der Waals surface area contributed by atoms with Crippen molar-refractivity contribution in [3.05, 3.63) is 65.4 Å². The van der Waals surface area contributed by atoms with Crippen LogP contribution in [0, 0.1) is 13.8 Å². The Morgan fingerprint density at radius 1 is 1.19 bits per heavy atom. The minimum Gasteiger partial charge on any atom is -0.404 e. The molecular weight excluding hydrogens is 264 g/mol. The molecule has 5 heteroatoms. The zero-order valence-corrected chi connectivity index (χ0v) is 12.1. The number of aryl methyl sites for hydroxylation is 2. The fourth-order valence-electron chi connectivity index (χ4n) is 1.97. The van der Waals surface area contributed by atoms with E-state index >= 15 is 0 Å². The molecule has 1 aromatic heterocycles. The van der Waals surface area contributed by atoms with Gasteiger partial charge in [0.25, 0.3) is 5.91 Å². The van der Waals surface area contributed by atoms with Crippen molar-refractivity contribution in [1.29, 1.82) is 0 Å². The fraction of sp³-hybridized carbons (Fsp3) is 0.188. The van der Waals surface area contributed by atoms with E-state index in [1.165, 1.54) is 6.20 Å². The Morgan fingerprint density at radius 2 is 1.81 bits per heavy atom. The highest BCUT2D eigenvalue weighted by Crippen LogP contribution is 2.11. The fourth-order valence-corrected chi connectivity index (χ4v) is 1.97. The highest BCUT2D eigenvalue weighted by atomic mass is 16.1. The molecule has 3 N–H and O–H groups in total. The zero-order valence-electron chi connectivity index (χ0n) is 12.1. The maximum absolute atomic E-state index is 12.2. The van der Waals surface area contributed by atoms with Crippen molar-refractivity contribution in [3.8, 4) is 0 Å². The maximum Gasteiger partial charge on any atom is 0.256 e. The summed E-state index contributed by atoms with van der Waals surface area (Å²) < 4.78 is 0. The molecule has 108 valence electrons. The molecule has 0 radical (unpaired) electrons. The van der Waals surface area contributed by atoms with E-state index in [4.69, 9.17) is 5.73 Å². The van der Waals surface area contributed by atoms with Crippen LogP contribution in [0.1, 0.15) is 22.8 Å². The van der Waals surface area contributed by atoms with Gasteiger partial charge in [0.1, 0.15) is 0 Å². The third kappa shape index (κ3) is 3.89. The summed E-state index contributed by atoms with van der Waals surface area (Å²) in [7, 11) is 0. The van der Waals surface area contributed by atoms with Crippen LogP contribution in [0.4, 0.5) is 0 Å². The topological polar surface area (TPSA) is 80.9 Å². The Labute approximate surface area is 123 Å². The zero-order chi connectivity index (χ0) is 15.2. The van der Waals surface area contributed by atoms with E-state index in [2.05, 4.69) is 15.3 Å². The number of hydrogen-bond acceptors (Lipinski definition) is 4. The smallest absolute Gasteiger partial charge is 0.256 e. The van der Waals surface area contributed by atoms with Crippen molar-refractivity contribution in [2.45, 2.75) is 20.4 Å². The summed E-state index contributed by atoms with van der Waals surface area (Å²) in [6.07, 6.45) is 1.24. The molecule has 0 bridgehead atoms. The van der Waals surface area contributed by atoms with Gasteiger partial charge in [-0.1, -0.05) is 30.3 Å². The molecule has 1 amide bonds. The summed E-state index contributed by atoms with van der Waals surface area (Å²) in [5.41, 5.74) is 8.46. The van der Waals surface area contributed by atoms with Crippen LogP contribution in [0.2, 0.25) is 0 Å². The van der Waals surface area contributed by atoms with Gasteiger partial charge in [0.05, 0.1) is 5.57 Å². The molecule has 0 aliphatic heterocycles. The lowest BCUT2D eigenvalue weighted by Gasteiger charge is -2.09. The van der Waals surface area contributed by atoms with Crippen molar-refractivity contribution < 1.29 is 4.79 Å². The van der Waals surface area contributed by atoms with Gasteiger partial charge in [-0.15, -0.1) is 0 Å². The van der Waals surface area contributed by atoms with Crippen molar-refractivity contribution in [1.82, 2.24) is 15.3 Å². The maximum atomic E-state index is 12.2. The van der Waals surface area contributed by atoms with Crippen molar-refractivity contribution in [2.24, 2.45) is 5.73 Å². The summed E-state index contributed by atoms with van der Waals surface area (Å²) in [4.78, 5) is 20.8. The Morgan fingerprint density at radius 3 is 2.38 bits per heavy atom. The van der Waals surface area contributed by atoms with Crippen molar-refractivity contribution in [3.63, 3.8) is 0 Å². The van der Waals surface area contributed by atoms with Gasteiger partial charge in [-0.3, -0.25) is 4.79 Å². The van der Waals surface area contributed by atoms with Gasteiger partial charge in [-0.25, -0.2) is 9.97 Å². The molecule has 1 heterocycles. The quantitative estimate of drug-likeness (QED) is 0.836. The van der Waals surface area contributed by atoms with Gasteiger partial charge < -0.3 is 11.1 Å². The number of nitrogens with zero attached hydrogens (tertiary/aromatic N) is 2. The van der Waals surface area contributed by atoms with Crippen molar-refractivity contribution >= 4 is 11.5 Å². The SMILES string of the molecule is Cc1cc(C)nc(C(=CN)C(=O)NCc2ccccc2)n1. The summed E-state index contributed by atoms with van der Waals surface area (Å²) in [5.74, 6) is 0.0620. The number of rotatable bonds is 4. The molecule has 0 saturated carbocycles. The first-order chi connectivity index (χ1) is 10.1. The Kier molecular flexibility index (Phi) is 4.66. The van der Waals surface area contributed by atoms with Crippen LogP contribution in [0.3, 0.4) is 0 Å². The molecule has 2 rings (SSSR count). The van der Waals surface area contributed by atoms with Gasteiger partial charge in [-0.2, -0.15) is 0 Å². The molecule has 1 aromatic carbocycles. The number of nitrogens with two attached hydrogens (primary N) is 1. The Balaban J connectivity index is 2.12. The molecular formula is C16H18N4O. The van der Waals surface area contributed by atoms with Crippen LogP contribution in [-0.2, 0) is 11.3 Å². The summed E-state index contributed by atoms with van der Waals surface area (Å²) in [5, 5.41) is 2.82. The Bertz CT molecular complexity index is 645. The van der Waals surface area contributed by atoms with Gasteiger partial charge in [-0.05, 0) is 25.5 Å². The highest BCUT2D eigenvalue weighted by molar-refractivity contribution is 6.18. The van der Waals surface area contributed by atoms with Crippen LogP contribution in [0.15, 0.2) is 42.6 Å². The monoisotopic (exact) mass is 282 g/mol. The number of carbonyl (C=O) groups is 1. The first kappa shape index (κ1) is 14.7.